The van der Waals surface area contributed by atoms with E-state index in [-0.39, 0.29) is 0 Å². The van der Waals surface area contributed by atoms with E-state index in [0.717, 1.165) is 5.56 Å². The summed E-state index contributed by atoms with van der Waals surface area (Å²) in [4.78, 5) is 4.23. The van der Waals surface area contributed by atoms with E-state index in [1.165, 1.54) is 11.8 Å². The van der Waals surface area contributed by atoms with E-state index in [0.29, 0.717) is 39.7 Å². The smallest absolute Gasteiger partial charge is 0.236 e. The van der Waals surface area contributed by atoms with E-state index in [1.54, 1.807) is 18.2 Å². The number of aromatic nitrogens is 2. The summed E-state index contributed by atoms with van der Waals surface area (Å²) in [7, 11) is 0. The highest BCUT2D eigenvalue weighted by atomic mass is 35.5. The van der Waals surface area contributed by atoms with Gasteiger partial charge in [-0.3, -0.25) is 0 Å². The minimum atomic E-state index is 0.397. The number of nitrogens with zero attached hydrogens (tertiary/aromatic N) is 3. The van der Waals surface area contributed by atoms with Crippen molar-refractivity contribution in [2.24, 2.45) is 0 Å². The number of nitriles is 1. The molecule has 2 rings (SSSR count). The van der Waals surface area contributed by atoms with Crippen molar-refractivity contribution < 1.29 is 4.52 Å². The molecule has 7 heteroatoms. The molecule has 98 valence electrons. The highest BCUT2D eigenvalue weighted by Crippen LogP contribution is 2.26. The normalized spacial score (nSPS) is 10.4. The maximum absolute atomic E-state index is 8.44. The van der Waals surface area contributed by atoms with Gasteiger partial charge in [0.2, 0.25) is 5.89 Å². The number of thioether (sulfide) groups is 1. The van der Waals surface area contributed by atoms with Crippen molar-refractivity contribution in [3.63, 3.8) is 0 Å². The maximum Gasteiger partial charge on any atom is 0.236 e. The third-order valence-electron chi connectivity index (χ3n) is 2.30. The Bertz CT molecular complexity index is 589. The van der Waals surface area contributed by atoms with Crippen LogP contribution >= 0.6 is 35.0 Å². The Kier molecular flexibility index (Phi) is 5.08. The molecule has 1 aromatic carbocycles. The molecule has 1 aromatic heterocycles. The zero-order valence-corrected chi connectivity index (χ0v) is 12.1. The predicted molar refractivity (Wildman–Crippen MR) is 75.3 cm³/mol. The van der Waals surface area contributed by atoms with Crippen molar-refractivity contribution in [2.75, 3.05) is 5.75 Å². The monoisotopic (exact) mass is 313 g/mol. The Morgan fingerprint density at radius 3 is 2.74 bits per heavy atom. The van der Waals surface area contributed by atoms with E-state index in [2.05, 4.69) is 10.1 Å². The minimum Gasteiger partial charge on any atom is -0.338 e. The lowest BCUT2D eigenvalue weighted by Gasteiger charge is -2.02. The first kappa shape index (κ1) is 14.2. The van der Waals surface area contributed by atoms with Gasteiger partial charge in [-0.2, -0.15) is 10.2 Å². The molecule has 0 saturated heterocycles. The molecule has 0 aliphatic heterocycles. The van der Waals surface area contributed by atoms with Crippen LogP contribution in [0.5, 0.6) is 0 Å². The fraction of sp³-hybridized carbons (Fsp3) is 0.250. The van der Waals surface area contributed by atoms with E-state index in [9.17, 15) is 0 Å². The van der Waals surface area contributed by atoms with Crippen LogP contribution in [0.2, 0.25) is 10.0 Å². The lowest BCUT2D eigenvalue weighted by Crippen LogP contribution is -1.93. The molecule has 0 spiro atoms. The van der Waals surface area contributed by atoms with Crippen LogP contribution in [0.15, 0.2) is 22.7 Å². The summed E-state index contributed by atoms with van der Waals surface area (Å²) in [5.74, 6) is 1.95. The number of rotatable bonds is 5. The number of hydrogen-bond acceptors (Lipinski definition) is 5. The highest BCUT2D eigenvalue weighted by Gasteiger charge is 2.11. The second-order valence-electron chi connectivity index (χ2n) is 3.63. The third kappa shape index (κ3) is 3.87. The predicted octanol–water partition coefficient (Wildman–Crippen LogP) is 3.72. The van der Waals surface area contributed by atoms with Crippen LogP contribution in [0.3, 0.4) is 0 Å². The second kappa shape index (κ2) is 6.80. The fourth-order valence-corrected chi connectivity index (χ4v) is 2.48. The summed E-state index contributed by atoms with van der Waals surface area (Å²) in [5, 5.41) is 13.5. The van der Waals surface area contributed by atoms with Crippen molar-refractivity contribution >= 4 is 35.0 Å². The first-order valence-electron chi connectivity index (χ1n) is 5.39. The van der Waals surface area contributed by atoms with Crippen molar-refractivity contribution in [1.29, 1.82) is 5.26 Å². The first-order valence-corrected chi connectivity index (χ1v) is 7.31. The highest BCUT2D eigenvalue weighted by molar-refractivity contribution is 7.98. The molecular weight excluding hydrogens is 305 g/mol. The van der Waals surface area contributed by atoms with Gasteiger partial charge in [-0.05, 0) is 17.7 Å². The second-order valence-corrected chi connectivity index (χ2v) is 5.43. The van der Waals surface area contributed by atoms with Gasteiger partial charge in [-0.1, -0.05) is 34.4 Å². The molecule has 1 heterocycles. The Labute approximate surface area is 124 Å². The van der Waals surface area contributed by atoms with Crippen LogP contribution in [-0.4, -0.2) is 15.9 Å². The van der Waals surface area contributed by atoms with Gasteiger partial charge < -0.3 is 4.52 Å². The molecule has 0 amide bonds. The van der Waals surface area contributed by atoms with E-state index < -0.39 is 0 Å². The standard InChI is InChI=1S/C12H9Cl2N3OS/c13-9-2-1-3-10(14)8(9)6-11-16-12(18-17-11)7-19-5-4-15/h1-3H,5-7H2. The molecule has 0 atom stereocenters. The lowest BCUT2D eigenvalue weighted by molar-refractivity contribution is 0.386. The van der Waals surface area contributed by atoms with Crippen molar-refractivity contribution in [3.05, 3.63) is 45.5 Å². The Hall–Kier alpha value is -1.22. The molecule has 0 fully saturated rings. The fourth-order valence-electron chi connectivity index (χ4n) is 1.46. The molecule has 19 heavy (non-hydrogen) atoms. The van der Waals surface area contributed by atoms with Gasteiger partial charge in [0.1, 0.15) is 0 Å². The molecule has 0 saturated carbocycles. The van der Waals surface area contributed by atoms with E-state index in [4.69, 9.17) is 33.0 Å². The molecule has 0 aliphatic rings. The zero-order valence-electron chi connectivity index (χ0n) is 9.77. The van der Waals surface area contributed by atoms with Crippen LogP contribution in [-0.2, 0) is 12.2 Å². The van der Waals surface area contributed by atoms with Gasteiger partial charge in [-0.25, -0.2) is 0 Å². The van der Waals surface area contributed by atoms with Crippen LogP contribution in [0.4, 0.5) is 0 Å². The first-order chi connectivity index (χ1) is 9.20. The largest absolute Gasteiger partial charge is 0.338 e. The number of hydrogen-bond donors (Lipinski definition) is 0. The molecule has 0 aliphatic carbocycles. The van der Waals surface area contributed by atoms with Gasteiger partial charge in [0.05, 0.1) is 17.6 Å². The average molecular weight is 314 g/mol. The molecule has 0 unspecified atom stereocenters. The van der Waals surface area contributed by atoms with Gasteiger partial charge in [0.25, 0.3) is 0 Å². The Balaban J connectivity index is 2.06. The van der Waals surface area contributed by atoms with Gasteiger partial charge in [-0.15, -0.1) is 11.8 Å². The van der Waals surface area contributed by atoms with Gasteiger partial charge in [0, 0.05) is 16.5 Å². The maximum atomic E-state index is 8.44. The van der Waals surface area contributed by atoms with E-state index in [1.807, 2.05) is 6.07 Å². The summed E-state index contributed by atoms with van der Waals surface area (Å²) in [6, 6.07) is 7.36. The van der Waals surface area contributed by atoms with Crippen molar-refractivity contribution in [1.82, 2.24) is 10.1 Å². The van der Waals surface area contributed by atoms with Gasteiger partial charge in [0.15, 0.2) is 5.82 Å². The van der Waals surface area contributed by atoms with Crippen molar-refractivity contribution in [2.45, 2.75) is 12.2 Å². The summed E-state index contributed by atoms with van der Waals surface area (Å²) in [6.07, 6.45) is 0.422. The molecule has 0 bridgehead atoms. The molecular formula is C12H9Cl2N3OS. The summed E-state index contributed by atoms with van der Waals surface area (Å²) in [5.41, 5.74) is 0.780. The van der Waals surface area contributed by atoms with Crippen LogP contribution in [0.25, 0.3) is 0 Å². The topological polar surface area (TPSA) is 62.7 Å². The molecule has 0 N–H and O–H groups in total. The molecule has 0 radical (unpaired) electrons. The lowest BCUT2D eigenvalue weighted by atomic mass is 10.1. The summed E-state index contributed by atoms with van der Waals surface area (Å²) in [6.45, 7) is 0. The van der Waals surface area contributed by atoms with Gasteiger partial charge >= 0.3 is 0 Å². The summed E-state index contributed by atoms with van der Waals surface area (Å²) >= 11 is 13.6. The third-order valence-corrected chi connectivity index (χ3v) is 3.79. The van der Waals surface area contributed by atoms with Crippen LogP contribution in [0, 0.1) is 11.3 Å². The minimum absolute atomic E-state index is 0.397. The van der Waals surface area contributed by atoms with Crippen LogP contribution in [0.1, 0.15) is 17.3 Å². The summed E-state index contributed by atoms with van der Waals surface area (Å²) < 4.78 is 5.09. The van der Waals surface area contributed by atoms with Crippen molar-refractivity contribution in [3.8, 4) is 6.07 Å². The van der Waals surface area contributed by atoms with E-state index >= 15 is 0 Å². The average Bonchev–Trinajstić information content (AvgIpc) is 2.82. The molecule has 4 nitrogen and oxygen atoms in total. The molecule has 2 aromatic rings. The quantitative estimate of drug-likeness (QED) is 0.787. The SMILES string of the molecule is N#CCSCc1nc(Cc2c(Cl)cccc2Cl)no1. The van der Waals surface area contributed by atoms with Crippen LogP contribution < -0.4 is 0 Å². The Morgan fingerprint density at radius 1 is 1.32 bits per heavy atom. The number of benzene rings is 1. The Morgan fingerprint density at radius 2 is 2.05 bits per heavy atom. The zero-order chi connectivity index (χ0) is 13.7. The number of halogens is 2.